The summed E-state index contributed by atoms with van der Waals surface area (Å²) in [5.74, 6) is 1.23. The second-order valence-corrected chi connectivity index (χ2v) is 3.89. The first kappa shape index (κ1) is 9.72. The molecule has 70 valence electrons. The number of nitrogens with two attached hydrogens (primary N) is 1. The van der Waals surface area contributed by atoms with Crippen LogP contribution in [0.1, 0.15) is 45.4 Å². The summed E-state index contributed by atoms with van der Waals surface area (Å²) in [7, 11) is 0. The van der Waals surface area contributed by atoms with E-state index in [1.807, 2.05) is 6.92 Å². The van der Waals surface area contributed by atoms with Crippen LogP contribution in [-0.4, -0.2) is 11.8 Å². The predicted octanol–water partition coefficient (Wildman–Crippen LogP) is 1.87. The molecule has 12 heavy (non-hydrogen) atoms. The fourth-order valence-corrected chi connectivity index (χ4v) is 1.31. The van der Waals surface area contributed by atoms with Crippen molar-refractivity contribution in [1.29, 1.82) is 0 Å². The normalized spacial score (nSPS) is 19.2. The summed E-state index contributed by atoms with van der Waals surface area (Å²) in [6.07, 6.45) is 6.05. The molecule has 1 rings (SSSR count). The first-order valence-corrected chi connectivity index (χ1v) is 4.99. The Balaban J connectivity index is 2.01. The molecule has 1 unspecified atom stereocenters. The zero-order valence-corrected chi connectivity index (χ0v) is 7.88. The second kappa shape index (κ2) is 4.61. The zero-order chi connectivity index (χ0) is 8.97. The molecule has 0 aromatic carbocycles. The second-order valence-electron chi connectivity index (χ2n) is 3.89. The van der Waals surface area contributed by atoms with Crippen molar-refractivity contribution in [3.8, 4) is 0 Å². The molecular weight excluding hydrogens is 150 g/mol. The Labute approximate surface area is 74.5 Å². The van der Waals surface area contributed by atoms with Gasteiger partial charge in [0, 0.05) is 18.9 Å². The Bertz CT molecular complexity index is 152. The third-order valence-electron chi connectivity index (χ3n) is 2.54. The van der Waals surface area contributed by atoms with Gasteiger partial charge in [0.05, 0.1) is 0 Å². The summed E-state index contributed by atoms with van der Waals surface area (Å²) < 4.78 is 0. The number of rotatable bonds is 6. The third kappa shape index (κ3) is 3.86. The molecule has 1 atom stereocenters. The van der Waals surface area contributed by atoms with E-state index in [2.05, 4.69) is 0 Å². The van der Waals surface area contributed by atoms with E-state index in [1.165, 1.54) is 12.8 Å². The van der Waals surface area contributed by atoms with Gasteiger partial charge in [0.2, 0.25) is 0 Å². The summed E-state index contributed by atoms with van der Waals surface area (Å²) in [6.45, 7) is 2.03. The van der Waals surface area contributed by atoms with Crippen LogP contribution < -0.4 is 5.73 Å². The van der Waals surface area contributed by atoms with Gasteiger partial charge in [-0.05, 0) is 18.8 Å². The van der Waals surface area contributed by atoms with Crippen molar-refractivity contribution in [3.05, 3.63) is 0 Å². The smallest absolute Gasteiger partial charge is 0.134 e. The Morgan fingerprint density at radius 1 is 1.58 bits per heavy atom. The van der Waals surface area contributed by atoms with Gasteiger partial charge < -0.3 is 5.73 Å². The molecule has 0 heterocycles. The molecule has 0 amide bonds. The number of hydrogen-bond donors (Lipinski definition) is 1. The minimum absolute atomic E-state index is 0.0942. The topological polar surface area (TPSA) is 43.1 Å². The highest BCUT2D eigenvalue weighted by Gasteiger charge is 2.21. The lowest BCUT2D eigenvalue weighted by atomic mass is 10.0. The van der Waals surface area contributed by atoms with Crippen molar-refractivity contribution in [3.63, 3.8) is 0 Å². The van der Waals surface area contributed by atoms with E-state index < -0.39 is 0 Å². The molecule has 2 nitrogen and oxygen atoms in total. The maximum atomic E-state index is 11.3. The molecule has 0 bridgehead atoms. The van der Waals surface area contributed by atoms with Gasteiger partial charge in [-0.2, -0.15) is 0 Å². The number of Topliss-reactive ketones (excluding diaryl/α,β-unsaturated/α-hetero) is 1. The van der Waals surface area contributed by atoms with E-state index in [-0.39, 0.29) is 6.04 Å². The lowest BCUT2D eigenvalue weighted by Crippen LogP contribution is -2.22. The third-order valence-corrected chi connectivity index (χ3v) is 2.54. The highest BCUT2D eigenvalue weighted by molar-refractivity contribution is 5.78. The summed E-state index contributed by atoms with van der Waals surface area (Å²) >= 11 is 0. The molecule has 0 radical (unpaired) electrons. The summed E-state index contributed by atoms with van der Waals surface area (Å²) in [5.41, 5.74) is 5.68. The van der Waals surface area contributed by atoms with Crippen molar-refractivity contribution in [2.45, 2.75) is 51.5 Å². The quantitative estimate of drug-likeness (QED) is 0.659. The van der Waals surface area contributed by atoms with Crippen LogP contribution in [-0.2, 0) is 4.79 Å². The van der Waals surface area contributed by atoms with Gasteiger partial charge in [0.15, 0.2) is 0 Å². The minimum atomic E-state index is 0.0942. The number of carbonyl (C=O) groups excluding carboxylic acids is 1. The van der Waals surface area contributed by atoms with Gasteiger partial charge in [-0.1, -0.05) is 19.8 Å². The Morgan fingerprint density at radius 3 is 2.75 bits per heavy atom. The summed E-state index contributed by atoms with van der Waals surface area (Å²) in [4.78, 5) is 11.3. The molecule has 1 fully saturated rings. The van der Waals surface area contributed by atoms with Crippen LogP contribution in [0, 0.1) is 5.92 Å². The molecule has 0 spiro atoms. The Morgan fingerprint density at radius 2 is 2.25 bits per heavy atom. The van der Waals surface area contributed by atoms with Crippen LogP contribution in [0.4, 0.5) is 0 Å². The van der Waals surface area contributed by atoms with Gasteiger partial charge in [-0.25, -0.2) is 0 Å². The van der Waals surface area contributed by atoms with Crippen molar-refractivity contribution >= 4 is 5.78 Å². The molecule has 0 aromatic heterocycles. The van der Waals surface area contributed by atoms with Gasteiger partial charge in [0.1, 0.15) is 5.78 Å². The molecule has 1 saturated carbocycles. The lowest BCUT2D eigenvalue weighted by molar-refractivity contribution is -0.119. The van der Waals surface area contributed by atoms with Crippen LogP contribution in [0.3, 0.4) is 0 Å². The van der Waals surface area contributed by atoms with Gasteiger partial charge >= 0.3 is 0 Å². The Kier molecular flexibility index (Phi) is 3.73. The first-order valence-electron chi connectivity index (χ1n) is 4.99. The zero-order valence-electron chi connectivity index (χ0n) is 7.88. The van der Waals surface area contributed by atoms with E-state index in [4.69, 9.17) is 5.73 Å². The Hall–Kier alpha value is -0.370. The van der Waals surface area contributed by atoms with Crippen molar-refractivity contribution in [2.75, 3.05) is 0 Å². The maximum Gasteiger partial charge on any atom is 0.134 e. The van der Waals surface area contributed by atoms with Gasteiger partial charge in [-0.15, -0.1) is 0 Å². The molecule has 2 heteroatoms. The molecular formula is C10H19NO. The number of carbonyl (C=O) groups is 1. The number of ketones is 1. The fourth-order valence-electron chi connectivity index (χ4n) is 1.31. The molecule has 2 N–H and O–H groups in total. The van der Waals surface area contributed by atoms with Crippen molar-refractivity contribution < 1.29 is 4.79 Å². The average molecular weight is 169 g/mol. The molecule has 0 saturated heterocycles. The molecule has 1 aliphatic carbocycles. The lowest BCUT2D eigenvalue weighted by Gasteiger charge is -2.06. The SMILES string of the molecule is CCC(N)CC(=O)CCC1CC1. The maximum absolute atomic E-state index is 11.3. The van der Waals surface area contributed by atoms with Crippen LogP contribution in [0.25, 0.3) is 0 Å². The monoisotopic (exact) mass is 169 g/mol. The van der Waals surface area contributed by atoms with Crippen LogP contribution >= 0.6 is 0 Å². The van der Waals surface area contributed by atoms with E-state index >= 15 is 0 Å². The minimum Gasteiger partial charge on any atom is -0.327 e. The molecule has 0 aliphatic heterocycles. The largest absolute Gasteiger partial charge is 0.327 e. The van der Waals surface area contributed by atoms with Crippen molar-refractivity contribution in [2.24, 2.45) is 11.7 Å². The molecule has 1 aliphatic rings. The highest BCUT2D eigenvalue weighted by atomic mass is 16.1. The van der Waals surface area contributed by atoms with Crippen molar-refractivity contribution in [1.82, 2.24) is 0 Å². The van der Waals surface area contributed by atoms with E-state index in [1.54, 1.807) is 0 Å². The fraction of sp³-hybridized carbons (Fsp3) is 0.900. The van der Waals surface area contributed by atoms with Crippen LogP contribution in [0.5, 0.6) is 0 Å². The van der Waals surface area contributed by atoms with Gasteiger partial charge in [-0.3, -0.25) is 4.79 Å². The summed E-state index contributed by atoms with van der Waals surface area (Å²) in [5, 5.41) is 0. The highest BCUT2D eigenvalue weighted by Crippen LogP contribution is 2.33. The molecule has 0 aromatic rings. The first-order chi connectivity index (χ1) is 5.72. The number of hydrogen-bond acceptors (Lipinski definition) is 2. The summed E-state index contributed by atoms with van der Waals surface area (Å²) in [6, 6.07) is 0.0942. The van der Waals surface area contributed by atoms with Gasteiger partial charge in [0.25, 0.3) is 0 Å². The van der Waals surface area contributed by atoms with E-state index in [9.17, 15) is 4.79 Å². The van der Waals surface area contributed by atoms with E-state index in [0.29, 0.717) is 12.2 Å². The standard InChI is InChI=1S/C10H19NO/c1-2-9(11)7-10(12)6-5-8-3-4-8/h8-9H,2-7,11H2,1H3. The predicted molar refractivity (Wildman–Crippen MR) is 49.8 cm³/mol. The average Bonchev–Trinajstić information content (AvgIpc) is 2.83. The van der Waals surface area contributed by atoms with Crippen LogP contribution in [0.15, 0.2) is 0 Å². The van der Waals surface area contributed by atoms with Crippen LogP contribution in [0.2, 0.25) is 0 Å². The van der Waals surface area contributed by atoms with E-state index in [0.717, 1.165) is 25.2 Å².